The van der Waals surface area contributed by atoms with Crippen LogP contribution in [-0.2, 0) is 4.79 Å². The molecule has 0 N–H and O–H groups in total. The minimum Gasteiger partial charge on any atom is -0.497 e. The van der Waals surface area contributed by atoms with E-state index >= 15 is 0 Å². The van der Waals surface area contributed by atoms with Crippen molar-refractivity contribution in [3.8, 4) is 5.75 Å². The van der Waals surface area contributed by atoms with Crippen LogP contribution >= 0.6 is 23.4 Å². The molecule has 1 atom stereocenters. The second-order valence-electron chi connectivity index (χ2n) is 7.25. The Morgan fingerprint density at radius 1 is 1.21 bits per heavy atom. The van der Waals surface area contributed by atoms with Gasteiger partial charge in [-0.05, 0) is 66.9 Å². The highest BCUT2D eigenvalue weighted by Gasteiger charge is 2.43. The number of rotatable bonds is 2. The second-order valence-corrected chi connectivity index (χ2v) is 8.69. The van der Waals surface area contributed by atoms with Crippen molar-refractivity contribution in [1.29, 1.82) is 0 Å². The standard InChI is InChI=1S/C22H19ClN2O2S/c1-12-10-15(27-2)11-18-20(12)25-21(13-6-8-14(23)9-7-13)19-16(24-22(25)28-18)4-3-5-17(19)26/h6-11,21H,3-5H2,1-2H3. The third-order valence-corrected chi connectivity index (χ3v) is 6.75. The number of hydrogen-bond donors (Lipinski definition) is 0. The first kappa shape index (κ1) is 17.8. The van der Waals surface area contributed by atoms with E-state index < -0.39 is 0 Å². The van der Waals surface area contributed by atoms with Gasteiger partial charge in [0.1, 0.15) is 5.75 Å². The van der Waals surface area contributed by atoms with Crippen molar-refractivity contribution in [2.45, 2.75) is 37.1 Å². The molecule has 0 amide bonds. The highest BCUT2D eigenvalue weighted by atomic mass is 35.5. The van der Waals surface area contributed by atoms with E-state index in [2.05, 4.69) is 11.8 Å². The molecule has 0 radical (unpaired) electrons. The van der Waals surface area contributed by atoms with Gasteiger partial charge in [0, 0.05) is 21.9 Å². The molecule has 28 heavy (non-hydrogen) atoms. The molecule has 2 aliphatic heterocycles. The van der Waals surface area contributed by atoms with Gasteiger partial charge in [0.05, 0.1) is 24.5 Å². The van der Waals surface area contributed by atoms with Crippen molar-refractivity contribution < 1.29 is 9.53 Å². The zero-order valence-electron chi connectivity index (χ0n) is 15.7. The Morgan fingerprint density at radius 3 is 2.75 bits per heavy atom. The van der Waals surface area contributed by atoms with Gasteiger partial charge in [0.25, 0.3) is 0 Å². The number of fused-ring (bicyclic) bond motifs is 3. The van der Waals surface area contributed by atoms with E-state index in [0.717, 1.165) is 56.7 Å². The van der Waals surface area contributed by atoms with Crippen LogP contribution in [0.25, 0.3) is 0 Å². The molecule has 0 bridgehead atoms. The Morgan fingerprint density at radius 2 is 2.00 bits per heavy atom. The fourth-order valence-electron chi connectivity index (χ4n) is 4.26. The summed E-state index contributed by atoms with van der Waals surface area (Å²) in [5.41, 5.74) is 5.05. The Kier molecular flexibility index (Phi) is 4.25. The van der Waals surface area contributed by atoms with Crippen molar-refractivity contribution in [3.05, 3.63) is 63.8 Å². The molecule has 2 heterocycles. The first-order chi connectivity index (χ1) is 13.6. The summed E-state index contributed by atoms with van der Waals surface area (Å²) in [6.45, 7) is 2.08. The number of amidine groups is 1. The number of Topliss-reactive ketones (excluding diaryl/α,β-unsaturated/α-hetero) is 1. The van der Waals surface area contributed by atoms with Gasteiger partial charge in [-0.15, -0.1) is 0 Å². The topological polar surface area (TPSA) is 41.9 Å². The van der Waals surface area contributed by atoms with Crippen molar-refractivity contribution in [3.63, 3.8) is 0 Å². The lowest BCUT2D eigenvalue weighted by atomic mass is 9.84. The smallest absolute Gasteiger partial charge is 0.174 e. The summed E-state index contributed by atoms with van der Waals surface area (Å²) in [6.07, 6.45) is 2.30. The van der Waals surface area contributed by atoms with Crippen LogP contribution in [0.15, 0.2) is 57.6 Å². The summed E-state index contributed by atoms with van der Waals surface area (Å²) in [6, 6.07) is 11.7. The number of carbonyl (C=O) groups excluding carboxylic acids is 1. The number of ketones is 1. The molecule has 6 heteroatoms. The number of carbonyl (C=O) groups is 1. The molecule has 1 aliphatic carbocycles. The molecule has 0 aromatic heterocycles. The molecule has 2 aromatic carbocycles. The van der Waals surface area contributed by atoms with Crippen LogP contribution in [0.3, 0.4) is 0 Å². The molecular weight excluding hydrogens is 392 g/mol. The van der Waals surface area contributed by atoms with Gasteiger partial charge in [0.2, 0.25) is 0 Å². The Balaban J connectivity index is 1.73. The summed E-state index contributed by atoms with van der Waals surface area (Å²) in [4.78, 5) is 21.2. The largest absolute Gasteiger partial charge is 0.497 e. The van der Waals surface area contributed by atoms with Crippen LogP contribution in [0.4, 0.5) is 5.69 Å². The van der Waals surface area contributed by atoms with Gasteiger partial charge in [-0.3, -0.25) is 4.79 Å². The molecule has 0 spiro atoms. The Labute approximate surface area is 173 Å². The minimum absolute atomic E-state index is 0.173. The lowest BCUT2D eigenvalue weighted by Gasteiger charge is -2.37. The van der Waals surface area contributed by atoms with Crippen LogP contribution in [0.2, 0.25) is 5.02 Å². The Hall–Kier alpha value is -2.24. The number of aliphatic imine (C=N–C) groups is 1. The van der Waals surface area contributed by atoms with Crippen LogP contribution < -0.4 is 9.64 Å². The number of nitrogens with zero attached hydrogens (tertiary/aromatic N) is 2. The maximum atomic E-state index is 13.0. The summed E-state index contributed by atoms with van der Waals surface area (Å²) in [5.74, 6) is 1.04. The first-order valence-corrected chi connectivity index (χ1v) is 10.5. The molecule has 5 rings (SSSR count). The van der Waals surface area contributed by atoms with Crippen molar-refractivity contribution >= 4 is 40.0 Å². The fourth-order valence-corrected chi connectivity index (χ4v) is 5.56. The molecule has 0 fully saturated rings. The number of thioether (sulfide) groups is 1. The third-order valence-electron chi connectivity index (χ3n) is 5.50. The van der Waals surface area contributed by atoms with E-state index in [1.54, 1.807) is 18.9 Å². The van der Waals surface area contributed by atoms with Gasteiger partial charge in [-0.1, -0.05) is 23.7 Å². The van der Waals surface area contributed by atoms with E-state index in [1.165, 1.54) is 0 Å². The molecule has 0 saturated heterocycles. The minimum atomic E-state index is -0.173. The second kappa shape index (κ2) is 6.68. The number of methoxy groups -OCH3 is 1. The molecule has 142 valence electrons. The molecule has 1 unspecified atom stereocenters. The van der Waals surface area contributed by atoms with E-state index in [1.807, 2.05) is 36.4 Å². The maximum absolute atomic E-state index is 13.0. The highest BCUT2D eigenvalue weighted by Crippen LogP contribution is 2.53. The van der Waals surface area contributed by atoms with Gasteiger partial charge >= 0.3 is 0 Å². The van der Waals surface area contributed by atoms with Crippen LogP contribution in [0.1, 0.15) is 36.4 Å². The van der Waals surface area contributed by atoms with Gasteiger partial charge in [-0.2, -0.15) is 0 Å². The number of halogens is 1. The zero-order valence-corrected chi connectivity index (χ0v) is 17.2. The number of aryl methyl sites for hydroxylation is 1. The first-order valence-electron chi connectivity index (χ1n) is 9.33. The summed E-state index contributed by atoms with van der Waals surface area (Å²) < 4.78 is 5.46. The fraction of sp³-hybridized carbons (Fsp3) is 0.273. The van der Waals surface area contributed by atoms with Gasteiger partial charge < -0.3 is 9.64 Å². The number of benzene rings is 2. The number of anilines is 1. The van der Waals surface area contributed by atoms with Crippen molar-refractivity contribution in [1.82, 2.24) is 0 Å². The van der Waals surface area contributed by atoms with E-state index in [0.29, 0.717) is 11.4 Å². The molecule has 3 aliphatic rings. The lowest BCUT2D eigenvalue weighted by Crippen LogP contribution is -2.38. The summed E-state index contributed by atoms with van der Waals surface area (Å²) in [5, 5.41) is 1.62. The average molecular weight is 411 g/mol. The zero-order chi connectivity index (χ0) is 19.4. The molecule has 4 nitrogen and oxygen atoms in total. The van der Waals surface area contributed by atoms with E-state index in [4.69, 9.17) is 21.3 Å². The quantitative estimate of drug-likeness (QED) is 0.638. The predicted octanol–water partition coefficient (Wildman–Crippen LogP) is 5.69. The van der Waals surface area contributed by atoms with Crippen LogP contribution in [0.5, 0.6) is 5.75 Å². The van der Waals surface area contributed by atoms with Gasteiger partial charge in [0.15, 0.2) is 11.0 Å². The lowest BCUT2D eigenvalue weighted by molar-refractivity contribution is -0.116. The highest BCUT2D eigenvalue weighted by molar-refractivity contribution is 8.14. The van der Waals surface area contributed by atoms with Gasteiger partial charge in [-0.25, -0.2) is 4.99 Å². The normalized spacial score (nSPS) is 20.5. The monoisotopic (exact) mass is 410 g/mol. The van der Waals surface area contributed by atoms with E-state index in [-0.39, 0.29) is 11.8 Å². The maximum Gasteiger partial charge on any atom is 0.174 e. The number of ether oxygens (including phenoxy) is 1. The van der Waals surface area contributed by atoms with E-state index in [9.17, 15) is 4.79 Å². The molecular formula is C22H19ClN2O2S. The average Bonchev–Trinajstić information content (AvgIpc) is 3.05. The van der Waals surface area contributed by atoms with Crippen molar-refractivity contribution in [2.75, 3.05) is 12.0 Å². The van der Waals surface area contributed by atoms with Crippen LogP contribution in [-0.4, -0.2) is 18.1 Å². The number of hydrogen-bond acceptors (Lipinski definition) is 5. The summed E-state index contributed by atoms with van der Waals surface area (Å²) >= 11 is 7.78. The predicted molar refractivity (Wildman–Crippen MR) is 114 cm³/mol. The summed E-state index contributed by atoms with van der Waals surface area (Å²) in [7, 11) is 1.68. The third kappa shape index (κ3) is 2.68. The number of allylic oxidation sites excluding steroid dienone is 1. The SMILES string of the molecule is COc1cc(C)c2c(c1)SC1=NC3=C(C(=O)CCC3)C(c3ccc(Cl)cc3)N12. The van der Waals surface area contributed by atoms with Crippen molar-refractivity contribution in [2.24, 2.45) is 4.99 Å². The Bertz CT molecular complexity index is 1060. The molecule has 0 saturated carbocycles. The van der Waals surface area contributed by atoms with Crippen LogP contribution in [0, 0.1) is 6.92 Å². The molecule has 2 aromatic rings.